The maximum atomic E-state index is 11.3. The van der Waals surface area contributed by atoms with Gasteiger partial charge in [0, 0.05) is 28.3 Å². The van der Waals surface area contributed by atoms with Crippen LogP contribution in [0.25, 0.3) is 0 Å². The zero-order valence-electron chi connectivity index (χ0n) is 11.2. The molecule has 6 heteroatoms. The van der Waals surface area contributed by atoms with E-state index in [1.165, 1.54) is 12.8 Å². The number of rotatable bonds is 5. The molecule has 1 aliphatic carbocycles. The first-order chi connectivity index (χ1) is 9.65. The number of hydrogen-bond acceptors (Lipinski definition) is 4. The second-order valence-electron chi connectivity index (χ2n) is 5.57. The van der Waals surface area contributed by atoms with Crippen molar-refractivity contribution in [2.75, 3.05) is 18.0 Å². The molecule has 1 aromatic carbocycles. The van der Waals surface area contributed by atoms with Crippen molar-refractivity contribution in [3.05, 3.63) is 31.9 Å². The molecule has 1 heterocycles. The lowest BCUT2D eigenvalue weighted by atomic mass is 10.1. The summed E-state index contributed by atoms with van der Waals surface area (Å²) in [7, 11) is 0. The lowest BCUT2D eigenvalue weighted by molar-refractivity contribution is -0.384. The number of nitro groups is 1. The molecule has 1 aromatic rings. The fourth-order valence-corrected chi connectivity index (χ4v) is 3.34. The molecule has 2 aliphatic rings. The summed E-state index contributed by atoms with van der Waals surface area (Å²) in [6.45, 7) is 1.95. The summed E-state index contributed by atoms with van der Waals surface area (Å²) in [5.74, 6) is 0. The molecule has 0 spiro atoms. The van der Waals surface area contributed by atoms with Gasteiger partial charge in [0.1, 0.15) is 5.69 Å². The summed E-state index contributed by atoms with van der Waals surface area (Å²) < 4.78 is 0.910. The van der Waals surface area contributed by atoms with Crippen molar-refractivity contribution in [3.63, 3.8) is 0 Å². The van der Waals surface area contributed by atoms with Crippen molar-refractivity contribution in [3.8, 4) is 0 Å². The Kier molecular flexibility index (Phi) is 4.11. The molecule has 1 saturated carbocycles. The second kappa shape index (κ2) is 5.85. The minimum atomic E-state index is -0.255. The van der Waals surface area contributed by atoms with Gasteiger partial charge in [-0.1, -0.05) is 0 Å². The van der Waals surface area contributed by atoms with Crippen molar-refractivity contribution >= 4 is 34.0 Å². The monoisotopic (exact) mass is 387 g/mol. The molecule has 1 N–H and O–H groups in total. The Morgan fingerprint density at radius 1 is 1.40 bits per heavy atom. The van der Waals surface area contributed by atoms with Gasteiger partial charge in [-0.2, -0.15) is 0 Å². The fraction of sp³-hybridized carbons (Fsp3) is 0.571. The molecule has 0 radical (unpaired) electrons. The van der Waals surface area contributed by atoms with Crippen molar-refractivity contribution in [2.24, 2.45) is 0 Å². The second-order valence-corrected chi connectivity index (χ2v) is 6.81. The topological polar surface area (TPSA) is 58.4 Å². The highest BCUT2D eigenvalue weighted by Gasteiger charge is 2.34. The van der Waals surface area contributed by atoms with Crippen molar-refractivity contribution in [1.82, 2.24) is 5.32 Å². The molecule has 20 heavy (non-hydrogen) atoms. The van der Waals surface area contributed by atoms with Gasteiger partial charge in [-0.25, -0.2) is 0 Å². The van der Waals surface area contributed by atoms with Crippen LogP contribution in [0, 0.1) is 13.7 Å². The summed E-state index contributed by atoms with van der Waals surface area (Å²) in [5, 5.41) is 14.8. The number of hydrogen-bond donors (Lipinski definition) is 1. The first-order valence-corrected chi connectivity index (χ1v) is 8.17. The first kappa shape index (κ1) is 14.1. The van der Waals surface area contributed by atoms with Crippen molar-refractivity contribution < 1.29 is 4.92 Å². The van der Waals surface area contributed by atoms with Crippen LogP contribution in [-0.4, -0.2) is 30.1 Å². The summed E-state index contributed by atoms with van der Waals surface area (Å²) in [4.78, 5) is 13.3. The summed E-state index contributed by atoms with van der Waals surface area (Å²) in [5.41, 5.74) is 1.02. The number of nitrogens with zero attached hydrogens (tertiary/aromatic N) is 2. The highest BCUT2D eigenvalue weighted by Crippen LogP contribution is 2.38. The zero-order chi connectivity index (χ0) is 14.1. The Labute approximate surface area is 132 Å². The third kappa shape index (κ3) is 3.06. The molecule has 0 aromatic heterocycles. The van der Waals surface area contributed by atoms with Gasteiger partial charge in [0.2, 0.25) is 0 Å². The Balaban J connectivity index is 1.88. The largest absolute Gasteiger partial charge is 0.361 e. The molecule has 1 aliphatic heterocycles. The third-order valence-corrected chi connectivity index (χ3v) is 4.68. The van der Waals surface area contributed by atoms with Gasteiger partial charge in [-0.15, -0.1) is 0 Å². The Bertz CT molecular complexity index is 513. The fourth-order valence-electron chi connectivity index (χ4n) is 2.87. The predicted molar refractivity (Wildman–Crippen MR) is 87.2 cm³/mol. The highest BCUT2D eigenvalue weighted by molar-refractivity contribution is 14.1. The van der Waals surface area contributed by atoms with Crippen LogP contribution in [0.1, 0.15) is 25.7 Å². The van der Waals surface area contributed by atoms with Crippen LogP contribution in [0.15, 0.2) is 18.2 Å². The van der Waals surface area contributed by atoms with Crippen molar-refractivity contribution in [1.29, 1.82) is 0 Å². The Morgan fingerprint density at radius 3 is 2.80 bits per heavy atom. The van der Waals surface area contributed by atoms with Crippen LogP contribution >= 0.6 is 22.6 Å². The summed E-state index contributed by atoms with van der Waals surface area (Å²) >= 11 is 2.13. The lowest BCUT2D eigenvalue weighted by Crippen LogP contribution is -2.39. The van der Waals surface area contributed by atoms with Crippen LogP contribution in [0.3, 0.4) is 0 Å². The van der Waals surface area contributed by atoms with E-state index in [4.69, 9.17) is 0 Å². The molecular formula is C14H18IN3O2. The number of halogens is 1. The maximum absolute atomic E-state index is 11.3. The SMILES string of the molecule is O=[N+]([O-])c1cc(I)ccc1N(CC1CCCN1)C1CC1. The third-order valence-electron chi connectivity index (χ3n) is 4.01. The molecule has 1 unspecified atom stereocenters. The maximum Gasteiger partial charge on any atom is 0.293 e. The molecule has 0 bridgehead atoms. The Hall–Kier alpha value is -0.890. The van der Waals surface area contributed by atoms with E-state index in [1.807, 2.05) is 12.1 Å². The predicted octanol–water partition coefficient (Wildman–Crippen LogP) is 2.92. The molecular weight excluding hydrogens is 369 g/mol. The number of nitro benzene ring substituents is 1. The molecule has 5 nitrogen and oxygen atoms in total. The number of anilines is 1. The van der Waals surface area contributed by atoms with E-state index in [0.717, 1.165) is 35.2 Å². The van der Waals surface area contributed by atoms with Crippen molar-refractivity contribution in [2.45, 2.75) is 37.8 Å². The molecule has 3 rings (SSSR count). The average Bonchev–Trinajstić information content (AvgIpc) is 3.13. The van der Waals surface area contributed by atoms with Crippen LogP contribution in [0.4, 0.5) is 11.4 Å². The smallest absolute Gasteiger partial charge is 0.293 e. The van der Waals surface area contributed by atoms with Gasteiger partial charge in [0.15, 0.2) is 0 Å². The van der Waals surface area contributed by atoms with Crippen LogP contribution in [0.2, 0.25) is 0 Å². The molecule has 1 saturated heterocycles. The van der Waals surface area contributed by atoms with E-state index >= 15 is 0 Å². The van der Waals surface area contributed by atoms with Crippen LogP contribution < -0.4 is 10.2 Å². The summed E-state index contributed by atoms with van der Waals surface area (Å²) in [6.07, 6.45) is 4.67. The number of nitrogens with one attached hydrogen (secondary N) is 1. The summed E-state index contributed by atoms with van der Waals surface area (Å²) in [6, 6.07) is 6.49. The van der Waals surface area contributed by atoms with E-state index in [0.29, 0.717) is 12.1 Å². The van der Waals surface area contributed by atoms with Gasteiger partial charge in [-0.05, 0) is 67.0 Å². The zero-order valence-corrected chi connectivity index (χ0v) is 13.4. The molecule has 2 fully saturated rings. The minimum Gasteiger partial charge on any atom is -0.361 e. The van der Waals surface area contributed by atoms with E-state index in [9.17, 15) is 10.1 Å². The van der Waals surface area contributed by atoms with Gasteiger partial charge >= 0.3 is 0 Å². The minimum absolute atomic E-state index is 0.238. The van der Waals surface area contributed by atoms with Crippen LogP contribution in [0.5, 0.6) is 0 Å². The van der Waals surface area contributed by atoms with E-state index in [1.54, 1.807) is 6.07 Å². The first-order valence-electron chi connectivity index (χ1n) is 7.09. The van der Waals surface area contributed by atoms with E-state index < -0.39 is 0 Å². The van der Waals surface area contributed by atoms with Crippen LogP contribution in [-0.2, 0) is 0 Å². The highest BCUT2D eigenvalue weighted by atomic mass is 127. The van der Waals surface area contributed by atoms with Gasteiger partial charge in [0.25, 0.3) is 5.69 Å². The number of benzene rings is 1. The molecule has 108 valence electrons. The van der Waals surface area contributed by atoms with E-state index in [-0.39, 0.29) is 10.6 Å². The van der Waals surface area contributed by atoms with Gasteiger partial charge in [-0.3, -0.25) is 10.1 Å². The van der Waals surface area contributed by atoms with Gasteiger partial charge in [0.05, 0.1) is 4.92 Å². The Morgan fingerprint density at radius 2 is 2.20 bits per heavy atom. The quantitative estimate of drug-likeness (QED) is 0.480. The van der Waals surface area contributed by atoms with E-state index in [2.05, 4.69) is 32.8 Å². The normalized spacial score (nSPS) is 21.9. The average molecular weight is 387 g/mol. The van der Waals surface area contributed by atoms with Gasteiger partial charge < -0.3 is 10.2 Å². The standard InChI is InChI=1S/C14H18IN3O2/c15-10-3-6-13(14(8-10)18(19)20)17(12-4-5-12)9-11-2-1-7-16-11/h3,6,8,11-12,16H,1-2,4-5,7,9H2. The lowest BCUT2D eigenvalue weighted by Gasteiger charge is -2.27. The molecule has 1 atom stereocenters. The molecule has 0 amide bonds.